The number of carbonyl (C=O) groups excluding carboxylic acids is 2. The fraction of sp³-hybridized carbons (Fsp3) is 0.320. The molecule has 3 aromatic heterocycles. The van der Waals surface area contributed by atoms with Crippen LogP contribution in [-0.2, 0) is 12.7 Å². The zero-order valence-corrected chi connectivity index (χ0v) is 22.3. The van der Waals surface area contributed by atoms with Crippen LogP contribution in [-0.4, -0.2) is 52.8 Å². The third-order valence-electron chi connectivity index (χ3n) is 6.41. The maximum atomic E-state index is 14.3. The molecule has 0 aliphatic heterocycles. The van der Waals surface area contributed by atoms with Crippen LogP contribution in [0.5, 0.6) is 0 Å². The summed E-state index contributed by atoms with van der Waals surface area (Å²) in [4.78, 5) is 31.5. The Hall–Kier alpha value is -4.40. The Morgan fingerprint density at radius 1 is 1.17 bits per heavy atom. The van der Waals surface area contributed by atoms with Crippen LogP contribution in [0.3, 0.4) is 0 Å². The summed E-state index contributed by atoms with van der Waals surface area (Å²) in [5.41, 5.74) is 0.243. The largest absolute Gasteiger partial charge is 0.455 e. The molecule has 2 amide bonds. The highest BCUT2D eigenvalue weighted by molar-refractivity contribution is 6.32. The van der Waals surface area contributed by atoms with E-state index in [1.807, 2.05) is 6.92 Å². The number of anilines is 1. The summed E-state index contributed by atoms with van der Waals surface area (Å²) in [5.74, 6) is -3.02. The van der Waals surface area contributed by atoms with E-state index < -0.39 is 29.6 Å². The Bertz CT molecular complexity index is 1630. The molecule has 1 aliphatic rings. The molecule has 1 aromatic carbocycles. The normalized spacial score (nSPS) is 14.1. The lowest BCUT2D eigenvalue weighted by molar-refractivity contribution is -0.145. The lowest BCUT2D eigenvalue weighted by Gasteiger charge is -2.17. The Kier molecular flexibility index (Phi) is 7.46. The van der Waals surface area contributed by atoms with Crippen LogP contribution >= 0.6 is 11.6 Å². The van der Waals surface area contributed by atoms with Crippen molar-refractivity contribution in [1.29, 1.82) is 0 Å². The van der Waals surface area contributed by atoms with E-state index in [1.165, 1.54) is 31.3 Å². The molecule has 1 aliphatic carbocycles. The molecule has 1 unspecified atom stereocenters. The van der Waals surface area contributed by atoms with E-state index in [9.17, 15) is 27.2 Å². The number of hydrogen-bond donors (Lipinski definition) is 2. The summed E-state index contributed by atoms with van der Waals surface area (Å²) in [7, 11) is 0. The summed E-state index contributed by atoms with van der Waals surface area (Å²) in [6, 6.07) is 6.42. The highest BCUT2D eigenvalue weighted by Crippen LogP contribution is 2.33. The molecule has 3 heterocycles. The summed E-state index contributed by atoms with van der Waals surface area (Å²) in [5, 5.41) is 19.6. The molecule has 0 bridgehead atoms. The minimum atomic E-state index is -4.79. The number of rotatable bonds is 8. The molecule has 5 rings (SSSR count). The maximum absolute atomic E-state index is 14.3. The number of alkyl halides is 3. The van der Waals surface area contributed by atoms with Gasteiger partial charge in [-0.3, -0.25) is 9.59 Å². The average Bonchev–Trinajstić information content (AvgIpc) is 3.51. The zero-order valence-electron chi connectivity index (χ0n) is 21.6. The predicted octanol–water partition coefficient (Wildman–Crippen LogP) is 4.20. The third-order valence-corrected chi connectivity index (χ3v) is 6.71. The molecule has 2 N–H and O–H groups in total. The second-order valence-electron chi connectivity index (χ2n) is 9.58. The van der Waals surface area contributed by atoms with E-state index in [0.29, 0.717) is 10.7 Å². The molecule has 4 aromatic rings. The molecule has 1 atom stereocenters. The van der Waals surface area contributed by atoms with E-state index in [-0.39, 0.29) is 51.6 Å². The Morgan fingerprint density at radius 3 is 2.59 bits per heavy atom. The predicted molar refractivity (Wildman–Crippen MR) is 137 cm³/mol. The first-order chi connectivity index (χ1) is 19.4. The van der Waals surface area contributed by atoms with Gasteiger partial charge in [0.05, 0.1) is 22.0 Å². The van der Waals surface area contributed by atoms with Crippen LogP contribution in [0.1, 0.15) is 57.7 Å². The van der Waals surface area contributed by atoms with Crippen molar-refractivity contribution in [2.24, 2.45) is 5.92 Å². The van der Waals surface area contributed by atoms with Gasteiger partial charge in [-0.1, -0.05) is 11.6 Å². The van der Waals surface area contributed by atoms with Crippen molar-refractivity contribution in [2.45, 2.75) is 45.5 Å². The lowest BCUT2D eigenvalue weighted by Crippen LogP contribution is -2.35. The molecule has 1 saturated carbocycles. The van der Waals surface area contributed by atoms with E-state index in [1.54, 1.807) is 6.07 Å². The van der Waals surface area contributed by atoms with Crippen LogP contribution < -0.4 is 10.6 Å². The number of amides is 2. The van der Waals surface area contributed by atoms with Gasteiger partial charge >= 0.3 is 6.18 Å². The molecule has 11 nitrogen and oxygen atoms in total. The molecule has 214 valence electrons. The number of halogens is 5. The molecular formula is C25H22ClF4N9O2. The number of hydrogen-bond acceptors (Lipinski definition) is 7. The number of tetrazole rings is 1. The van der Waals surface area contributed by atoms with Crippen LogP contribution in [0.15, 0.2) is 36.5 Å². The minimum Gasteiger partial charge on any atom is -0.349 e. The molecule has 0 saturated heterocycles. The molecule has 0 spiro atoms. The number of pyridine rings is 1. The topological polar surface area (TPSA) is 133 Å². The summed E-state index contributed by atoms with van der Waals surface area (Å²) < 4.78 is 54.2. The smallest absolute Gasteiger partial charge is 0.349 e. The van der Waals surface area contributed by atoms with Crippen molar-refractivity contribution in [1.82, 2.24) is 40.3 Å². The van der Waals surface area contributed by atoms with Crippen LogP contribution in [0, 0.1) is 18.7 Å². The molecule has 41 heavy (non-hydrogen) atoms. The van der Waals surface area contributed by atoms with E-state index in [2.05, 4.69) is 36.1 Å². The van der Waals surface area contributed by atoms with Gasteiger partial charge in [0.15, 0.2) is 5.82 Å². The van der Waals surface area contributed by atoms with Crippen LogP contribution in [0.4, 0.5) is 23.2 Å². The zero-order chi connectivity index (χ0) is 29.5. The number of nitrogens with one attached hydrogen (secondary N) is 2. The summed E-state index contributed by atoms with van der Waals surface area (Å²) in [6.07, 6.45) is -1.42. The van der Waals surface area contributed by atoms with Gasteiger partial charge in [-0.2, -0.15) is 23.1 Å². The Labute approximate surface area is 234 Å². The van der Waals surface area contributed by atoms with Crippen molar-refractivity contribution in [3.05, 3.63) is 75.7 Å². The van der Waals surface area contributed by atoms with E-state index >= 15 is 0 Å². The SMILES string of the molecule is Cc1cc(F)cc(C(=O)NC(C)C2CC2)c1NC(=O)c1cc(Cn2nnc(C(F)(F)F)n2)nn1-c1ncccc1Cl. The van der Waals surface area contributed by atoms with Gasteiger partial charge in [-0.25, -0.2) is 14.1 Å². The van der Waals surface area contributed by atoms with Gasteiger partial charge in [0.2, 0.25) is 0 Å². The Morgan fingerprint density at radius 2 is 1.93 bits per heavy atom. The first-order valence-electron chi connectivity index (χ1n) is 12.4. The monoisotopic (exact) mass is 591 g/mol. The van der Waals surface area contributed by atoms with Gasteiger partial charge < -0.3 is 10.6 Å². The lowest BCUT2D eigenvalue weighted by atomic mass is 10.1. The van der Waals surface area contributed by atoms with Crippen molar-refractivity contribution < 1.29 is 27.2 Å². The number of aromatic nitrogens is 7. The van der Waals surface area contributed by atoms with Crippen LogP contribution in [0.25, 0.3) is 5.82 Å². The van der Waals surface area contributed by atoms with Gasteiger partial charge in [0.1, 0.15) is 18.1 Å². The van der Waals surface area contributed by atoms with Gasteiger partial charge in [-0.05, 0) is 73.7 Å². The van der Waals surface area contributed by atoms with Crippen molar-refractivity contribution >= 4 is 29.1 Å². The Balaban J connectivity index is 1.49. The molecule has 16 heteroatoms. The quantitative estimate of drug-likeness (QED) is 0.293. The van der Waals surface area contributed by atoms with Crippen molar-refractivity contribution in [3.63, 3.8) is 0 Å². The molecular weight excluding hydrogens is 570 g/mol. The minimum absolute atomic E-state index is 0.0557. The highest BCUT2D eigenvalue weighted by atomic mass is 35.5. The van der Waals surface area contributed by atoms with E-state index in [4.69, 9.17) is 11.6 Å². The second-order valence-corrected chi connectivity index (χ2v) is 9.99. The number of nitrogens with zero attached hydrogens (tertiary/aromatic N) is 7. The second kappa shape index (κ2) is 10.9. The fourth-order valence-electron chi connectivity index (χ4n) is 4.20. The van der Waals surface area contributed by atoms with Crippen molar-refractivity contribution in [2.75, 3.05) is 5.32 Å². The fourth-order valence-corrected chi connectivity index (χ4v) is 4.40. The number of benzene rings is 1. The summed E-state index contributed by atoms with van der Waals surface area (Å²) in [6.45, 7) is 3.02. The van der Waals surface area contributed by atoms with E-state index in [0.717, 1.165) is 23.6 Å². The third kappa shape index (κ3) is 6.19. The highest BCUT2D eigenvalue weighted by Gasteiger charge is 2.37. The average molecular weight is 592 g/mol. The van der Waals surface area contributed by atoms with Gasteiger partial charge in [-0.15, -0.1) is 10.2 Å². The van der Waals surface area contributed by atoms with Gasteiger partial charge in [0.25, 0.3) is 17.6 Å². The summed E-state index contributed by atoms with van der Waals surface area (Å²) >= 11 is 6.29. The first kappa shape index (κ1) is 28.1. The standard InChI is InChI=1S/C25H22ClF4N9O2/c1-12-8-15(27)9-17(22(40)32-13(2)14-5-6-14)20(12)33-23(41)19-10-16(11-38-36-24(34-37-38)25(28,29)30)35-39(19)21-18(26)4-3-7-31-21/h3-4,7-10,13-14H,5-6,11H2,1-2H3,(H,32,40)(H,33,41). The molecule has 1 fully saturated rings. The molecule has 0 radical (unpaired) electrons. The maximum Gasteiger partial charge on any atom is 0.455 e. The van der Waals surface area contributed by atoms with Crippen LogP contribution in [0.2, 0.25) is 5.02 Å². The van der Waals surface area contributed by atoms with Crippen molar-refractivity contribution in [3.8, 4) is 5.82 Å². The number of carbonyl (C=O) groups is 2. The first-order valence-corrected chi connectivity index (χ1v) is 12.8. The number of aryl methyl sites for hydroxylation is 1. The van der Waals surface area contributed by atoms with Gasteiger partial charge in [0, 0.05) is 12.2 Å².